The zero-order valence-corrected chi connectivity index (χ0v) is 7.78. The Morgan fingerprint density at radius 3 is 2.79 bits per heavy atom. The van der Waals surface area contributed by atoms with Gasteiger partial charge in [0.1, 0.15) is 5.58 Å². The van der Waals surface area contributed by atoms with Gasteiger partial charge in [0.25, 0.3) is 0 Å². The molecule has 0 aliphatic rings. The molecule has 0 amide bonds. The van der Waals surface area contributed by atoms with Crippen LogP contribution in [0, 0.1) is 6.92 Å². The lowest BCUT2D eigenvalue weighted by atomic mass is 10.1. The molecule has 1 N–H and O–H groups in total. The van der Waals surface area contributed by atoms with Gasteiger partial charge in [-0.25, -0.2) is 4.79 Å². The van der Waals surface area contributed by atoms with Crippen molar-refractivity contribution in [1.82, 2.24) is 0 Å². The van der Waals surface area contributed by atoms with Crippen LogP contribution in [0.3, 0.4) is 0 Å². The van der Waals surface area contributed by atoms with Crippen molar-refractivity contribution in [3.8, 4) is 0 Å². The topological polar surface area (TPSA) is 50.4 Å². The molecule has 0 spiro atoms. The second-order valence-electron chi connectivity index (χ2n) is 3.15. The maximum Gasteiger partial charge on any atom is 0.342 e. The summed E-state index contributed by atoms with van der Waals surface area (Å²) in [4.78, 5) is 11.4. The van der Waals surface area contributed by atoms with Crippen LogP contribution in [0.5, 0.6) is 0 Å². The van der Waals surface area contributed by atoms with E-state index >= 15 is 0 Å². The molecule has 0 bridgehead atoms. The van der Waals surface area contributed by atoms with Crippen molar-refractivity contribution in [3.63, 3.8) is 0 Å². The maximum atomic E-state index is 11.4. The molecule has 1 aromatic heterocycles. The van der Waals surface area contributed by atoms with Crippen LogP contribution in [-0.4, -0.2) is 5.11 Å². The first-order valence-corrected chi connectivity index (χ1v) is 4.36. The Hall–Kier alpha value is -1.61. The van der Waals surface area contributed by atoms with E-state index in [2.05, 4.69) is 0 Å². The van der Waals surface area contributed by atoms with Crippen molar-refractivity contribution in [1.29, 1.82) is 0 Å². The molecule has 2 rings (SSSR count). The highest BCUT2D eigenvalue weighted by atomic mass is 16.4. The van der Waals surface area contributed by atoms with Crippen LogP contribution < -0.4 is 5.63 Å². The summed E-state index contributed by atoms with van der Waals surface area (Å²) in [6.45, 7) is 1.53. The molecular weight excluding hydrogens is 180 g/mol. The van der Waals surface area contributed by atoms with Crippen molar-refractivity contribution in [2.24, 2.45) is 0 Å². The van der Waals surface area contributed by atoms with Gasteiger partial charge in [0.05, 0.1) is 12.2 Å². The third kappa shape index (κ3) is 1.22. The normalized spacial score (nSPS) is 10.7. The van der Waals surface area contributed by atoms with Crippen LogP contribution in [0.25, 0.3) is 11.0 Å². The molecule has 0 unspecified atom stereocenters. The molecule has 3 heteroatoms. The fourth-order valence-electron chi connectivity index (χ4n) is 1.53. The summed E-state index contributed by atoms with van der Waals surface area (Å²) in [6, 6.07) is 7.29. The molecule has 0 saturated heterocycles. The van der Waals surface area contributed by atoms with Crippen LogP contribution >= 0.6 is 0 Å². The fourth-order valence-corrected chi connectivity index (χ4v) is 1.53. The molecule has 0 fully saturated rings. The summed E-state index contributed by atoms with van der Waals surface area (Å²) in [5.74, 6) is 0. The summed E-state index contributed by atoms with van der Waals surface area (Å²) >= 11 is 0. The molecule has 1 aromatic carbocycles. The number of benzene rings is 1. The van der Waals surface area contributed by atoms with E-state index in [9.17, 15) is 4.79 Å². The minimum Gasteiger partial charge on any atom is -0.422 e. The van der Waals surface area contributed by atoms with Crippen LogP contribution in [0.2, 0.25) is 0 Å². The number of para-hydroxylation sites is 1. The van der Waals surface area contributed by atoms with Crippen LogP contribution in [0.15, 0.2) is 33.5 Å². The molecule has 2 aromatic rings. The van der Waals surface area contributed by atoms with E-state index in [0.29, 0.717) is 11.1 Å². The highest BCUT2D eigenvalue weighted by molar-refractivity contribution is 5.80. The van der Waals surface area contributed by atoms with Gasteiger partial charge in [0.15, 0.2) is 0 Å². The number of aliphatic hydroxyl groups excluding tert-OH is 1. The van der Waals surface area contributed by atoms with Crippen LogP contribution in [0.4, 0.5) is 0 Å². The standard InChI is InChI=1S/C11H10O3/c1-7-8-4-2-3-5-10(8)14-11(13)9(7)6-12/h2-5,12H,6H2,1H3. The Balaban J connectivity index is 2.93. The summed E-state index contributed by atoms with van der Waals surface area (Å²) < 4.78 is 5.05. The Bertz CT molecular complexity index is 526. The summed E-state index contributed by atoms with van der Waals surface area (Å²) in [5, 5.41) is 9.87. The van der Waals surface area contributed by atoms with E-state index in [0.717, 1.165) is 10.9 Å². The molecule has 14 heavy (non-hydrogen) atoms. The van der Waals surface area contributed by atoms with Crippen molar-refractivity contribution in [2.45, 2.75) is 13.5 Å². The third-order valence-corrected chi connectivity index (χ3v) is 2.35. The zero-order chi connectivity index (χ0) is 10.1. The Kier molecular flexibility index (Phi) is 2.09. The van der Waals surface area contributed by atoms with Gasteiger partial charge in [0, 0.05) is 5.39 Å². The lowest BCUT2D eigenvalue weighted by Gasteiger charge is -2.04. The molecule has 0 atom stereocenters. The molecule has 72 valence electrons. The smallest absolute Gasteiger partial charge is 0.342 e. The van der Waals surface area contributed by atoms with Gasteiger partial charge in [-0.3, -0.25) is 0 Å². The SMILES string of the molecule is Cc1c(CO)c(=O)oc2ccccc12. The van der Waals surface area contributed by atoms with Gasteiger partial charge in [0.2, 0.25) is 0 Å². The number of hydrogen-bond donors (Lipinski definition) is 1. The first-order valence-electron chi connectivity index (χ1n) is 4.36. The van der Waals surface area contributed by atoms with Gasteiger partial charge in [-0.15, -0.1) is 0 Å². The predicted molar refractivity (Wildman–Crippen MR) is 53.1 cm³/mol. The summed E-state index contributed by atoms with van der Waals surface area (Å²) in [7, 11) is 0. The van der Waals surface area contributed by atoms with Gasteiger partial charge in [-0.05, 0) is 18.6 Å². The number of hydrogen-bond acceptors (Lipinski definition) is 3. The molecule has 1 heterocycles. The van der Waals surface area contributed by atoms with Crippen molar-refractivity contribution < 1.29 is 9.52 Å². The average Bonchev–Trinajstić information content (AvgIpc) is 2.18. The number of aryl methyl sites for hydroxylation is 1. The first-order chi connectivity index (χ1) is 6.74. The minimum absolute atomic E-state index is 0.279. The first kappa shape index (κ1) is 8.97. The molecule has 0 radical (unpaired) electrons. The fraction of sp³-hybridized carbons (Fsp3) is 0.182. The molecule has 0 saturated carbocycles. The zero-order valence-electron chi connectivity index (χ0n) is 7.78. The third-order valence-electron chi connectivity index (χ3n) is 2.35. The van der Waals surface area contributed by atoms with Crippen molar-refractivity contribution in [2.75, 3.05) is 0 Å². The highest BCUT2D eigenvalue weighted by Crippen LogP contribution is 2.18. The molecule has 3 nitrogen and oxygen atoms in total. The van der Waals surface area contributed by atoms with Gasteiger partial charge in [-0.2, -0.15) is 0 Å². The van der Waals surface area contributed by atoms with Crippen LogP contribution in [-0.2, 0) is 6.61 Å². The Morgan fingerprint density at radius 2 is 2.07 bits per heavy atom. The quantitative estimate of drug-likeness (QED) is 0.695. The monoisotopic (exact) mass is 190 g/mol. The van der Waals surface area contributed by atoms with E-state index in [1.165, 1.54) is 0 Å². The largest absolute Gasteiger partial charge is 0.422 e. The van der Waals surface area contributed by atoms with Gasteiger partial charge >= 0.3 is 5.63 Å². The van der Waals surface area contributed by atoms with Crippen molar-refractivity contribution in [3.05, 3.63) is 45.8 Å². The Morgan fingerprint density at radius 1 is 1.36 bits per heavy atom. The highest BCUT2D eigenvalue weighted by Gasteiger charge is 2.08. The van der Waals surface area contributed by atoms with E-state index in [-0.39, 0.29) is 6.61 Å². The van der Waals surface area contributed by atoms with Crippen LogP contribution in [0.1, 0.15) is 11.1 Å². The predicted octanol–water partition coefficient (Wildman–Crippen LogP) is 1.59. The van der Waals surface area contributed by atoms with E-state index in [4.69, 9.17) is 9.52 Å². The lowest BCUT2D eigenvalue weighted by Crippen LogP contribution is -2.09. The van der Waals surface area contributed by atoms with Crippen molar-refractivity contribution >= 4 is 11.0 Å². The number of rotatable bonds is 1. The maximum absolute atomic E-state index is 11.4. The number of aliphatic hydroxyl groups is 1. The molecule has 0 aliphatic carbocycles. The van der Waals surface area contributed by atoms with E-state index < -0.39 is 5.63 Å². The minimum atomic E-state index is -0.455. The average molecular weight is 190 g/mol. The summed E-state index contributed by atoms with van der Waals surface area (Å²) in [6.07, 6.45) is 0. The second kappa shape index (κ2) is 3.27. The summed E-state index contributed by atoms with van der Waals surface area (Å²) in [5.41, 5.74) is 1.24. The molecular formula is C11H10O3. The van der Waals surface area contributed by atoms with E-state index in [1.807, 2.05) is 25.1 Å². The molecule has 0 aliphatic heterocycles. The van der Waals surface area contributed by atoms with E-state index in [1.54, 1.807) is 6.07 Å². The lowest BCUT2D eigenvalue weighted by molar-refractivity contribution is 0.275. The Labute approximate surface area is 80.6 Å². The second-order valence-corrected chi connectivity index (χ2v) is 3.15. The van der Waals surface area contributed by atoms with Gasteiger partial charge in [-0.1, -0.05) is 18.2 Å². The number of fused-ring (bicyclic) bond motifs is 1. The van der Waals surface area contributed by atoms with Gasteiger partial charge < -0.3 is 9.52 Å².